The molecule has 1 fully saturated rings. The summed E-state index contributed by atoms with van der Waals surface area (Å²) in [7, 11) is 0. The van der Waals surface area contributed by atoms with Crippen LogP contribution in [-0.4, -0.2) is 23.8 Å². The van der Waals surface area contributed by atoms with Gasteiger partial charge in [0.2, 0.25) is 0 Å². The van der Waals surface area contributed by atoms with Crippen LogP contribution in [0.1, 0.15) is 96.8 Å². The van der Waals surface area contributed by atoms with E-state index in [1.54, 1.807) is 0 Å². The monoisotopic (exact) mass is 283 g/mol. The maximum absolute atomic E-state index is 9.52. The molecule has 0 amide bonds. The van der Waals surface area contributed by atoms with Crippen molar-refractivity contribution in [2.75, 3.05) is 13.2 Å². The summed E-state index contributed by atoms with van der Waals surface area (Å²) >= 11 is 0. The molecule has 2 N–H and O–H groups in total. The fourth-order valence-corrected chi connectivity index (χ4v) is 3.41. The highest BCUT2D eigenvalue weighted by molar-refractivity contribution is 4.91. The number of rotatable bonds is 13. The van der Waals surface area contributed by atoms with Gasteiger partial charge >= 0.3 is 0 Å². The highest BCUT2D eigenvalue weighted by Gasteiger charge is 2.31. The lowest BCUT2D eigenvalue weighted by Gasteiger charge is -2.28. The van der Waals surface area contributed by atoms with Gasteiger partial charge in [-0.1, -0.05) is 77.6 Å². The first-order chi connectivity index (χ1) is 9.83. The molecule has 0 aromatic rings. The summed E-state index contributed by atoms with van der Waals surface area (Å²) in [5.74, 6) is 0. The summed E-state index contributed by atoms with van der Waals surface area (Å²) < 4.78 is 0. The van der Waals surface area contributed by atoms with E-state index in [-0.39, 0.29) is 5.54 Å². The predicted molar refractivity (Wildman–Crippen MR) is 88.1 cm³/mol. The molecule has 0 aliphatic heterocycles. The van der Waals surface area contributed by atoms with Gasteiger partial charge in [-0.15, -0.1) is 0 Å². The quantitative estimate of drug-likeness (QED) is 0.476. The third-order valence-electron chi connectivity index (χ3n) is 4.89. The molecule has 1 aliphatic rings. The third-order valence-corrected chi connectivity index (χ3v) is 4.89. The largest absolute Gasteiger partial charge is 0.394 e. The average Bonchev–Trinajstić information content (AvgIpc) is 2.94. The molecule has 0 saturated heterocycles. The van der Waals surface area contributed by atoms with E-state index in [0.717, 1.165) is 6.54 Å². The first kappa shape index (κ1) is 18.0. The molecule has 0 aromatic carbocycles. The summed E-state index contributed by atoms with van der Waals surface area (Å²) in [5.41, 5.74) is 0.0826. The summed E-state index contributed by atoms with van der Waals surface area (Å²) in [6.45, 7) is 3.70. The number of hydrogen-bond acceptors (Lipinski definition) is 2. The van der Waals surface area contributed by atoms with E-state index in [9.17, 15) is 5.11 Å². The molecule has 2 heteroatoms. The summed E-state index contributed by atoms with van der Waals surface area (Å²) in [4.78, 5) is 0. The number of nitrogens with one attached hydrogen (secondary N) is 1. The van der Waals surface area contributed by atoms with Crippen molar-refractivity contribution in [2.24, 2.45) is 0 Å². The Kier molecular flexibility index (Phi) is 10.4. The maximum Gasteiger partial charge on any atom is 0.0613 e. The molecule has 0 aromatic heterocycles. The number of aliphatic hydroxyl groups is 1. The fraction of sp³-hybridized carbons (Fsp3) is 1.00. The molecule has 0 radical (unpaired) electrons. The van der Waals surface area contributed by atoms with Crippen LogP contribution in [-0.2, 0) is 0 Å². The second-order valence-electron chi connectivity index (χ2n) is 6.75. The van der Waals surface area contributed by atoms with E-state index in [2.05, 4.69) is 12.2 Å². The molecule has 2 nitrogen and oxygen atoms in total. The first-order valence-electron chi connectivity index (χ1n) is 9.19. The second kappa shape index (κ2) is 11.6. The molecule has 0 unspecified atom stereocenters. The van der Waals surface area contributed by atoms with E-state index >= 15 is 0 Å². The minimum absolute atomic E-state index is 0.0826. The van der Waals surface area contributed by atoms with Crippen molar-refractivity contribution in [3.05, 3.63) is 0 Å². The lowest BCUT2D eigenvalue weighted by Crippen LogP contribution is -2.46. The lowest BCUT2D eigenvalue weighted by molar-refractivity contribution is 0.164. The SMILES string of the molecule is CCCCCCCCCCCCNC1(CO)CCCC1. The van der Waals surface area contributed by atoms with E-state index in [1.165, 1.54) is 89.9 Å². The Balaban J connectivity index is 1.83. The molecule has 20 heavy (non-hydrogen) atoms. The maximum atomic E-state index is 9.52. The number of aliphatic hydroxyl groups excluding tert-OH is 1. The van der Waals surface area contributed by atoms with Gasteiger partial charge in [0.15, 0.2) is 0 Å². The van der Waals surface area contributed by atoms with Crippen LogP contribution in [0, 0.1) is 0 Å². The van der Waals surface area contributed by atoms with Crippen molar-refractivity contribution >= 4 is 0 Å². The van der Waals surface area contributed by atoms with Gasteiger partial charge in [-0.05, 0) is 25.8 Å². The van der Waals surface area contributed by atoms with Crippen LogP contribution in [0.5, 0.6) is 0 Å². The minimum Gasteiger partial charge on any atom is -0.394 e. The van der Waals surface area contributed by atoms with Crippen LogP contribution in [0.15, 0.2) is 0 Å². The molecule has 1 rings (SSSR count). The van der Waals surface area contributed by atoms with E-state index < -0.39 is 0 Å². The Morgan fingerprint density at radius 3 is 1.80 bits per heavy atom. The number of hydrogen-bond donors (Lipinski definition) is 2. The molecular weight excluding hydrogens is 246 g/mol. The predicted octanol–water partition coefficient (Wildman–Crippen LogP) is 4.80. The van der Waals surface area contributed by atoms with Gasteiger partial charge in [0.05, 0.1) is 6.61 Å². The van der Waals surface area contributed by atoms with Gasteiger partial charge in [-0.3, -0.25) is 0 Å². The lowest BCUT2D eigenvalue weighted by atomic mass is 9.98. The van der Waals surface area contributed by atoms with Crippen molar-refractivity contribution in [1.82, 2.24) is 5.32 Å². The molecule has 120 valence electrons. The van der Waals surface area contributed by atoms with Gasteiger partial charge in [-0.2, -0.15) is 0 Å². The zero-order valence-corrected chi connectivity index (χ0v) is 13.8. The van der Waals surface area contributed by atoms with E-state index in [1.807, 2.05) is 0 Å². The van der Waals surface area contributed by atoms with E-state index in [0.29, 0.717) is 6.61 Å². The Morgan fingerprint density at radius 2 is 1.30 bits per heavy atom. The number of unbranched alkanes of at least 4 members (excludes halogenated alkanes) is 9. The molecule has 0 spiro atoms. The van der Waals surface area contributed by atoms with Gasteiger partial charge in [0.25, 0.3) is 0 Å². The topological polar surface area (TPSA) is 32.3 Å². The summed E-state index contributed by atoms with van der Waals surface area (Å²) in [6, 6.07) is 0. The fourth-order valence-electron chi connectivity index (χ4n) is 3.41. The molecule has 1 aliphatic carbocycles. The Hall–Kier alpha value is -0.0800. The van der Waals surface area contributed by atoms with Crippen LogP contribution in [0.25, 0.3) is 0 Å². The van der Waals surface area contributed by atoms with Gasteiger partial charge < -0.3 is 10.4 Å². The molecule has 0 atom stereocenters. The van der Waals surface area contributed by atoms with E-state index in [4.69, 9.17) is 0 Å². The Bertz CT molecular complexity index is 211. The zero-order valence-electron chi connectivity index (χ0n) is 13.8. The third kappa shape index (κ3) is 7.64. The highest BCUT2D eigenvalue weighted by atomic mass is 16.3. The summed E-state index contributed by atoms with van der Waals surface area (Å²) in [6.07, 6.45) is 18.8. The standard InChI is InChI=1S/C18H37NO/c1-2-3-4-5-6-7-8-9-10-13-16-19-18(17-20)14-11-12-15-18/h19-20H,2-17H2,1H3. The highest BCUT2D eigenvalue weighted by Crippen LogP contribution is 2.29. The molecule has 0 bridgehead atoms. The van der Waals surface area contributed by atoms with Crippen LogP contribution >= 0.6 is 0 Å². The second-order valence-corrected chi connectivity index (χ2v) is 6.75. The van der Waals surface area contributed by atoms with Gasteiger partial charge in [0, 0.05) is 5.54 Å². The first-order valence-corrected chi connectivity index (χ1v) is 9.19. The summed E-state index contributed by atoms with van der Waals surface area (Å²) in [5, 5.41) is 13.1. The smallest absolute Gasteiger partial charge is 0.0613 e. The van der Waals surface area contributed by atoms with Crippen LogP contribution in [0.4, 0.5) is 0 Å². The van der Waals surface area contributed by atoms with Crippen LogP contribution in [0.3, 0.4) is 0 Å². The van der Waals surface area contributed by atoms with Crippen LogP contribution in [0.2, 0.25) is 0 Å². The van der Waals surface area contributed by atoms with Crippen molar-refractivity contribution < 1.29 is 5.11 Å². The van der Waals surface area contributed by atoms with Crippen molar-refractivity contribution in [1.29, 1.82) is 0 Å². The van der Waals surface area contributed by atoms with Crippen LogP contribution < -0.4 is 5.32 Å². The molecule has 0 heterocycles. The molecular formula is C18H37NO. The van der Waals surface area contributed by atoms with Crippen molar-refractivity contribution in [3.8, 4) is 0 Å². The van der Waals surface area contributed by atoms with Gasteiger partial charge in [-0.25, -0.2) is 0 Å². The van der Waals surface area contributed by atoms with Gasteiger partial charge in [0.1, 0.15) is 0 Å². The average molecular weight is 284 g/mol. The molecule has 1 saturated carbocycles. The Labute approximate surface area is 126 Å². The Morgan fingerprint density at radius 1 is 0.800 bits per heavy atom. The normalized spacial score (nSPS) is 17.7. The van der Waals surface area contributed by atoms with Crippen molar-refractivity contribution in [3.63, 3.8) is 0 Å². The van der Waals surface area contributed by atoms with Crippen molar-refractivity contribution in [2.45, 2.75) is 102 Å². The minimum atomic E-state index is 0.0826. The zero-order chi connectivity index (χ0) is 14.5.